The van der Waals surface area contributed by atoms with Crippen molar-refractivity contribution in [2.24, 2.45) is 0 Å². The average molecular weight is 399 g/mol. The SMILES string of the molecule is CCCCn1nnc(Sc2nc(Br)c(Br)s2)n1. The molecule has 2 rings (SSSR count). The van der Waals surface area contributed by atoms with Crippen LogP contribution in [0, 0.1) is 0 Å². The van der Waals surface area contributed by atoms with Crippen LogP contribution in [0.1, 0.15) is 19.8 Å². The summed E-state index contributed by atoms with van der Waals surface area (Å²) in [5, 5.41) is 12.9. The van der Waals surface area contributed by atoms with Crippen LogP contribution in [0.15, 0.2) is 17.9 Å². The van der Waals surface area contributed by atoms with E-state index >= 15 is 0 Å². The second-order valence-corrected chi connectivity index (χ2v) is 7.45. The number of unbranched alkanes of at least 4 members (excludes halogenated alkanes) is 1. The van der Waals surface area contributed by atoms with Crippen LogP contribution in [0.4, 0.5) is 0 Å². The van der Waals surface area contributed by atoms with Gasteiger partial charge in [0.1, 0.15) is 8.39 Å². The smallest absolute Gasteiger partial charge is 0.221 e. The van der Waals surface area contributed by atoms with Crippen LogP contribution >= 0.6 is 55.0 Å². The maximum absolute atomic E-state index is 4.31. The summed E-state index contributed by atoms with van der Waals surface area (Å²) in [6.45, 7) is 2.95. The molecule has 0 bridgehead atoms. The van der Waals surface area contributed by atoms with Gasteiger partial charge in [-0.2, -0.15) is 4.80 Å². The number of hydrogen-bond donors (Lipinski definition) is 0. The van der Waals surface area contributed by atoms with Gasteiger partial charge in [0, 0.05) is 0 Å². The normalized spacial score (nSPS) is 11.0. The van der Waals surface area contributed by atoms with E-state index in [1.54, 1.807) is 16.1 Å². The zero-order valence-corrected chi connectivity index (χ0v) is 13.7. The average Bonchev–Trinajstić information content (AvgIpc) is 2.85. The maximum Gasteiger partial charge on any atom is 0.238 e. The Bertz CT molecular complexity index is 478. The number of aryl methyl sites for hydroxylation is 1. The highest BCUT2D eigenvalue weighted by Crippen LogP contribution is 2.36. The number of aromatic nitrogens is 5. The van der Waals surface area contributed by atoms with Crippen LogP contribution in [-0.4, -0.2) is 25.2 Å². The Morgan fingerprint density at radius 3 is 2.88 bits per heavy atom. The van der Waals surface area contributed by atoms with Gasteiger partial charge in [0.15, 0.2) is 4.34 Å². The van der Waals surface area contributed by atoms with E-state index in [4.69, 9.17) is 0 Å². The molecule has 0 aromatic carbocycles. The minimum absolute atomic E-state index is 0.634. The zero-order valence-electron chi connectivity index (χ0n) is 8.93. The number of hydrogen-bond acceptors (Lipinski definition) is 6. The first-order chi connectivity index (χ1) is 8.19. The molecule has 0 saturated carbocycles. The lowest BCUT2D eigenvalue weighted by Crippen LogP contribution is -2.01. The third kappa shape index (κ3) is 3.73. The summed E-state index contributed by atoms with van der Waals surface area (Å²) in [6.07, 6.45) is 2.19. The Morgan fingerprint density at radius 1 is 1.41 bits per heavy atom. The van der Waals surface area contributed by atoms with Crippen LogP contribution in [-0.2, 0) is 6.54 Å². The highest BCUT2D eigenvalue weighted by molar-refractivity contribution is 9.13. The van der Waals surface area contributed by atoms with Crippen molar-refractivity contribution >= 4 is 55.0 Å². The van der Waals surface area contributed by atoms with Gasteiger partial charge in [0.05, 0.1) is 6.54 Å². The van der Waals surface area contributed by atoms with E-state index in [0.717, 1.165) is 32.1 Å². The largest absolute Gasteiger partial charge is 0.238 e. The molecule has 0 unspecified atom stereocenters. The summed E-state index contributed by atoms with van der Waals surface area (Å²) in [6, 6.07) is 0. The van der Waals surface area contributed by atoms with Gasteiger partial charge in [0.2, 0.25) is 5.16 Å². The Kier molecular flexibility index (Phi) is 4.95. The Hall–Kier alpha value is 0.01000. The minimum Gasteiger partial charge on any atom is -0.221 e. The fourth-order valence-corrected chi connectivity index (χ4v) is 4.14. The predicted molar refractivity (Wildman–Crippen MR) is 74.4 cm³/mol. The summed E-state index contributed by atoms with van der Waals surface area (Å²) >= 11 is 9.71. The van der Waals surface area contributed by atoms with E-state index in [1.165, 1.54) is 11.8 Å². The molecule has 0 amide bonds. The van der Waals surface area contributed by atoms with E-state index in [0.29, 0.717) is 5.16 Å². The van der Waals surface area contributed by atoms with Crippen molar-refractivity contribution in [1.82, 2.24) is 25.2 Å². The molecule has 0 aliphatic heterocycles. The van der Waals surface area contributed by atoms with Gasteiger partial charge >= 0.3 is 0 Å². The van der Waals surface area contributed by atoms with E-state index in [2.05, 4.69) is 59.2 Å². The number of rotatable bonds is 5. The predicted octanol–water partition coefficient (Wildman–Crippen LogP) is 3.61. The molecule has 0 aliphatic rings. The topological polar surface area (TPSA) is 56.5 Å². The van der Waals surface area contributed by atoms with Gasteiger partial charge in [0.25, 0.3) is 0 Å². The van der Waals surface area contributed by atoms with E-state index in [1.807, 2.05) is 0 Å². The van der Waals surface area contributed by atoms with Crippen molar-refractivity contribution in [2.45, 2.75) is 35.8 Å². The van der Waals surface area contributed by atoms with Crippen molar-refractivity contribution in [1.29, 1.82) is 0 Å². The van der Waals surface area contributed by atoms with Crippen molar-refractivity contribution in [3.63, 3.8) is 0 Å². The van der Waals surface area contributed by atoms with Gasteiger partial charge in [-0.3, -0.25) is 0 Å². The number of thiazole rings is 1. The monoisotopic (exact) mass is 397 g/mol. The molecule has 0 spiro atoms. The van der Waals surface area contributed by atoms with Crippen molar-refractivity contribution < 1.29 is 0 Å². The summed E-state index contributed by atoms with van der Waals surface area (Å²) in [4.78, 5) is 5.94. The summed E-state index contributed by atoms with van der Waals surface area (Å²) < 4.78 is 2.67. The van der Waals surface area contributed by atoms with Gasteiger partial charge < -0.3 is 0 Å². The lowest BCUT2D eigenvalue weighted by molar-refractivity contribution is 0.493. The van der Waals surface area contributed by atoms with Gasteiger partial charge in [-0.25, -0.2) is 4.98 Å². The van der Waals surface area contributed by atoms with Crippen LogP contribution < -0.4 is 0 Å². The minimum atomic E-state index is 0.634. The zero-order chi connectivity index (χ0) is 12.3. The van der Waals surface area contributed by atoms with E-state index in [9.17, 15) is 0 Å². The van der Waals surface area contributed by atoms with Crippen molar-refractivity contribution in [2.75, 3.05) is 0 Å². The number of halogens is 2. The molecular formula is C8H9Br2N5S2. The third-order valence-corrected chi connectivity index (χ3v) is 5.83. The van der Waals surface area contributed by atoms with E-state index in [-0.39, 0.29) is 0 Å². The molecule has 9 heteroatoms. The van der Waals surface area contributed by atoms with Crippen LogP contribution in [0.25, 0.3) is 0 Å². The van der Waals surface area contributed by atoms with Crippen LogP contribution in [0.5, 0.6) is 0 Å². The second kappa shape index (κ2) is 6.26. The third-order valence-electron chi connectivity index (χ3n) is 1.85. The van der Waals surface area contributed by atoms with Crippen LogP contribution in [0.2, 0.25) is 0 Å². The molecule has 0 radical (unpaired) electrons. The second-order valence-electron chi connectivity index (χ2n) is 3.17. The number of nitrogens with zero attached hydrogens (tertiary/aromatic N) is 5. The first kappa shape index (κ1) is 13.4. The van der Waals surface area contributed by atoms with Gasteiger partial charge in [-0.15, -0.1) is 10.2 Å². The molecule has 17 heavy (non-hydrogen) atoms. The summed E-state index contributed by atoms with van der Waals surface area (Å²) in [5.41, 5.74) is 0. The molecule has 0 atom stereocenters. The molecule has 0 saturated heterocycles. The molecule has 2 aromatic heterocycles. The molecule has 2 heterocycles. The highest BCUT2D eigenvalue weighted by Gasteiger charge is 2.11. The molecule has 5 nitrogen and oxygen atoms in total. The highest BCUT2D eigenvalue weighted by atomic mass is 79.9. The molecule has 0 fully saturated rings. The Labute approximate surface area is 124 Å². The lowest BCUT2D eigenvalue weighted by Gasteiger charge is -1.93. The van der Waals surface area contributed by atoms with Gasteiger partial charge in [-0.1, -0.05) is 24.7 Å². The molecule has 0 aliphatic carbocycles. The lowest BCUT2D eigenvalue weighted by atomic mass is 10.3. The summed E-state index contributed by atoms with van der Waals surface area (Å²) in [7, 11) is 0. The van der Waals surface area contributed by atoms with Crippen LogP contribution in [0.3, 0.4) is 0 Å². The Balaban J connectivity index is 2.01. The fraction of sp³-hybridized carbons (Fsp3) is 0.500. The number of tetrazole rings is 1. The Morgan fingerprint density at radius 2 is 2.24 bits per heavy atom. The summed E-state index contributed by atoms with van der Waals surface area (Å²) in [5.74, 6) is 0. The van der Waals surface area contributed by atoms with E-state index < -0.39 is 0 Å². The van der Waals surface area contributed by atoms with Crippen molar-refractivity contribution in [3.8, 4) is 0 Å². The first-order valence-corrected chi connectivity index (χ1v) is 8.18. The molecule has 92 valence electrons. The molecule has 2 aromatic rings. The quantitative estimate of drug-likeness (QED) is 0.769. The van der Waals surface area contributed by atoms with Crippen molar-refractivity contribution in [3.05, 3.63) is 8.39 Å². The standard InChI is InChI=1S/C8H9Br2N5S2/c1-2-3-4-15-13-7(12-14-15)17-8-11-5(9)6(10)16-8/h2-4H2,1H3. The molecule has 0 N–H and O–H groups in total. The first-order valence-electron chi connectivity index (χ1n) is 4.96. The van der Waals surface area contributed by atoms with Gasteiger partial charge in [-0.05, 0) is 55.3 Å². The molecular weight excluding hydrogens is 390 g/mol. The fourth-order valence-electron chi connectivity index (χ4n) is 1.05. The maximum atomic E-state index is 4.31.